The van der Waals surface area contributed by atoms with Gasteiger partial charge in [-0.25, -0.2) is 14.4 Å². The number of likely N-dealkylation sites (tertiary alicyclic amines) is 1. The van der Waals surface area contributed by atoms with Crippen molar-refractivity contribution >= 4 is 11.9 Å². The normalized spacial score (nSPS) is 16.8. The van der Waals surface area contributed by atoms with Crippen LogP contribution < -0.4 is 5.73 Å². The zero-order valence-electron chi connectivity index (χ0n) is 15.4. The number of hydrogen-bond acceptors (Lipinski definition) is 4. The Balaban J connectivity index is 1.75. The number of carbonyl (C=O) groups is 1. The molecular formula is C22H21FN4O. The molecule has 3 aromatic rings. The highest BCUT2D eigenvalue weighted by molar-refractivity contribution is 5.94. The third-order valence-corrected chi connectivity index (χ3v) is 5.09. The van der Waals surface area contributed by atoms with Crippen molar-refractivity contribution in [1.82, 2.24) is 14.9 Å². The monoisotopic (exact) mass is 376 g/mol. The topological polar surface area (TPSA) is 72.1 Å². The molecule has 6 heteroatoms. The van der Waals surface area contributed by atoms with E-state index in [4.69, 9.17) is 5.73 Å². The molecule has 1 aliphatic rings. The van der Waals surface area contributed by atoms with Crippen LogP contribution in [-0.2, 0) is 0 Å². The first-order valence-corrected chi connectivity index (χ1v) is 9.38. The average molecular weight is 376 g/mol. The van der Waals surface area contributed by atoms with Gasteiger partial charge in [0.25, 0.3) is 5.91 Å². The van der Waals surface area contributed by atoms with Crippen LogP contribution in [0, 0.1) is 5.82 Å². The fourth-order valence-electron chi connectivity index (χ4n) is 3.72. The van der Waals surface area contributed by atoms with Crippen molar-refractivity contribution in [2.45, 2.75) is 25.3 Å². The van der Waals surface area contributed by atoms with Crippen LogP contribution in [0.4, 0.5) is 10.3 Å². The molecule has 0 aliphatic carbocycles. The predicted molar refractivity (Wildman–Crippen MR) is 106 cm³/mol. The van der Waals surface area contributed by atoms with E-state index in [0.29, 0.717) is 12.1 Å². The number of amides is 1. The summed E-state index contributed by atoms with van der Waals surface area (Å²) in [6, 6.07) is 15.3. The molecule has 142 valence electrons. The van der Waals surface area contributed by atoms with Gasteiger partial charge in [0.2, 0.25) is 5.95 Å². The number of nitrogens with two attached hydrogens (primary N) is 1. The highest BCUT2D eigenvalue weighted by Crippen LogP contribution is 2.36. The lowest BCUT2D eigenvalue weighted by Crippen LogP contribution is -2.39. The molecule has 1 fully saturated rings. The number of carbonyl (C=O) groups excluding carboxylic acids is 1. The Morgan fingerprint density at radius 3 is 2.57 bits per heavy atom. The van der Waals surface area contributed by atoms with Crippen molar-refractivity contribution in [3.8, 4) is 11.1 Å². The van der Waals surface area contributed by atoms with Gasteiger partial charge in [0, 0.05) is 23.9 Å². The maximum absolute atomic E-state index is 13.3. The van der Waals surface area contributed by atoms with Crippen LogP contribution in [0.15, 0.2) is 60.8 Å². The Bertz CT molecular complexity index is 976. The summed E-state index contributed by atoms with van der Waals surface area (Å²) >= 11 is 0. The van der Waals surface area contributed by atoms with Crippen molar-refractivity contribution in [1.29, 1.82) is 0 Å². The van der Waals surface area contributed by atoms with Crippen molar-refractivity contribution in [3.05, 3.63) is 77.9 Å². The third kappa shape index (κ3) is 3.58. The first-order chi connectivity index (χ1) is 13.6. The van der Waals surface area contributed by atoms with Gasteiger partial charge in [-0.1, -0.05) is 30.3 Å². The molecule has 1 atom stereocenters. The van der Waals surface area contributed by atoms with Crippen LogP contribution in [0.2, 0.25) is 0 Å². The zero-order chi connectivity index (χ0) is 19.5. The van der Waals surface area contributed by atoms with Gasteiger partial charge in [0.05, 0.1) is 11.7 Å². The van der Waals surface area contributed by atoms with E-state index in [1.54, 1.807) is 6.20 Å². The quantitative estimate of drug-likeness (QED) is 0.742. The Hall–Kier alpha value is -3.28. The van der Waals surface area contributed by atoms with E-state index in [9.17, 15) is 9.18 Å². The van der Waals surface area contributed by atoms with Gasteiger partial charge >= 0.3 is 0 Å². The number of nitrogen functional groups attached to an aromatic ring is 1. The van der Waals surface area contributed by atoms with Crippen molar-refractivity contribution in [3.63, 3.8) is 0 Å². The maximum Gasteiger partial charge on any atom is 0.254 e. The van der Waals surface area contributed by atoms with Crippen LogP contribution in [0.25, 0.3) is 11.1 Å². The second-order valence-corrected chi connectivity index (χ2v) is 6.91. The lowest BCUT2D eigenvalue weighted by molar-refractivity contribution is 0.0607. The van der Waals surface area contributed by atoms with Crippen LogP contribution >= 0.6 is 0 Å². The van der Waals surface area contributed by atoms with Crippen molar-refractivity contribution < 1.29 is 9.18 Å². The Kier molecular flexibility index (Phi) is 5.02. The van der Waals surface area contributed by atoms with Gasteiger partial charge in [-0.05, 0) is 49.1 Å². The minimum atomic E-state index is -0.360. The molecule has 0 saturated carbocycles. The maximum atomic E-state index is 13.3. The molecule has 4 rings (SSSR count). The number of piperidine rings is 1. The second kappa shape index (κ2) is 7.76. The summed E-state index contributed by atoms with van der Waals surface area (Å²) in [5.41, 5.74) is 8.98. The summed E-state index contributed by atoms with van der Waals surface area (Å²) in [4.78, 5) is 23.7. The molecule has 2 aromatic carbocycles. The zero-order valence-corrected chi connectivity index (χ0v) is 15.4. The summed E-state index contributed by atoms with van der Waals surface area (Å²) in [7, 11) is 0. The number of nitrogens with zero attached hydrogens (tertiary/aromatic N) is 3. The molecule has 2 heterocycles. The molecular weight excluding hydrogens is 355 g/mol. The highest BCUT2D eigenvalue weighted by Gasteiger charge is 2.31. The molecule has 1 amide bonds. The molecule has 0 radical (unpaired) electrons. The summed E-state index contributed by atoms with van der Waals surface area (Å²) in [6.07, 6.45) is 4.44. The fraction of sp³-hybridized carbons (Fsp3) is 0.227. The largest absolute Gasteiger partial charge is 0.368 e. The summed E-state index contributed by atoms with van der Waals surface area (Å²) in [6.45, 7) is 0.624. The van der Waals surface area contributed by atoms with E-state index in [0.717, 1.165) is 36.1 Å². The number of anilines is 1. The van der Waals surface area contributed by atoms with Gasteiger partial charge < -0.3 is 10.6 Å². The molecule has 2 N–H and O–H groups in total. The second-order valence-electron chi connectivity index (χ2n) is 6.91. The van der Waals surface area contributed by atoms with E-state index in [-0.39, 0.29) is 23.7 Å². The standard InChI is InChI=1S/C22H21FN4O/c23-17-11-9-16(10-12-17)21(28)27-13-5-4-8-19(27)20-18(14-25-22(24)26-20)15-6-2-1-3-7-15/h1-3,6-7,9-12,14,19H,4-5,8,13H2,(H2,24,25,26)/t19-/m1/s1. The smallest absolute Gasteiger partial charge is 0.254 e. The summed E-state index contributed by atoms with van der Waals surface area (Å²) in [5, 5.41) is 0. The average Bonchev–Trinajstić information content (AvgIpc) is 2.74. The molecule has 28 heavy (non-hydrogen) atoms. The van der Waals surface area contributed by atoms with Gasteiger partial charge in [0.1, 0.15) is 5.82 Å². The third-order valence-electron chi connectivity index (χ3n) is 5.09. The van der Waals surface area contributed by atoms with E-state index in [1.807, 2.05) is 35.2 Å². The number of aromatic nitrogens is 2. The predicted octanol–water partition coefficient (Wildman–Crippen LogP) is 4.23. The van der Waals surface area contributed by atoms with Crippen LogP contribution in [0.5, 0.6) is 0 Å². The van der Waals surface area contributed by atoms with Gasteiger partial charge in [0.15, 0.2) is 0 Å². The SMILES string of the molecule is Nc1ncc(-c2ccccc2)c([C@H]2CCCCN2C(=O)c2ccc(F)cc2)n1. The molecule has 1 aromatic heterocycles. The van der Waals surface area contributed by atoms with E-state index < -0.39 is 0 Å². The Labute approximate surface area is 163 Å². The number of hydrogen-bond donors (Lipinski definition) is 1. The van der Waals surface area contributed by atoms with Gasteiger partial charge in [-0.3, -0.25) is 4.79 Å². The Morgan fingerprint density at radius 1 is 1.07 bits per heavy atom. The minimum Gasteiger partial charge on any atom is -0.368 e. The fourth-order valence-corrected chi connectivity index (χ4v) is 3.72. The van der Waals surface area contributed by atoms with E-state index >= 15 is 0 Å². The number of rotatable bonds is 3. The molecule has 0 spiro atoms. The first kappa shape index (κ1) is 18.1. The number of benzene rings is 2. The van der Waals surface area contributed by atoms with E-state index in [2.05, 4.69) is 9.97 Å². The lowest BCUT2D eigenvalue weighted by atomic mass is 9.93. The lowest BCUT2D eigenvalue weighted by Gasteiger charge is -2.36. The van der Waals surface area contributed by atoms with Crippen LogP contribution in [0.3, 0.4) is 0 Å². The molecule has 5 nitrogen and oxygen atoms in total. The van der Waals surface area contributed by atoms with Gasteiger partial charge in [-0.15, -0.1) is 0 Å². The van der Waals surface area contributed by atoms with Crippen LogP contribution in [-0.4, -0.2) is 27.3 Å². The van der Waals surface area contributed by atoms with Crippen LogP contribution in [0.1, 0.15) is 41.4 Å². The molecule has 1 saturated heterocycles. The molecule has 0 unspecified atom stereocenters. The minimum absolute atomic E-state index is 0.124. The molecule has 1 aliphatic heterocycles. The van der Waals surface area contributed by atoms with E-state index in [1.165, 1.54) is 24.3 Å². The summed E-state index contributed by atoms with van der Waals surface area (Å²) < 4.78 is 13.3. The highest BCUT2D eigenvalue weighted by atomic mass is 19.1. The summed E-state index contributed by atoms with van der Waals surface area (Å²) in [5.74, 6) is -0.294. The molecule has 0 bridgehead atoms. The number of halogens is 1. The Morgan fingerprint density at radius 2 is 1.82 bits per heavy atom. The first-order valence-electron chi connectivity index (χ1n) is 9.38. The van der Waals surface area contributed by atoms with Gasteiger partial charge in [-0.2, -0.15) is 0 Å². The van der Waals surface area contributed by atoms with Crippen molar-refractivity contribution in [2.75, 3.05) is 12.3 Å². The van der Waals surface area contributed by atoms with Crippen molar-refractivity contribution in [2.24, 2.45) is 0 Å².